The molecule has 1 saturated heterocycles. The first-order valence-electron chi connectivity index (χ1n) is 10.4. The third-order valence-electron chi connectivity index (χ3n) is 5.10. The number of nitrogens with zero attached hydrogens (tertiary/aromatic N) is 3. The Kier molecular flexibility index (Phi) is 7.54. The molecule has 0 atom stereocenters. The van der Waals surface area contributed by atoms with E-state index in [1.165, 1.54) is 6.08 Å². The second-order valence-electron chi connectivity index (χ2n) is 7.71. The minimum absolute atomic E-state index is 0.0470. The van der Waals surface area contributed by atoms with Crippen molar-refractivity contribution < 1.29 is 19.4 Å². The molecular formula is C24H29N3O4. The number of phenolic OH excluding ortho intramolecular Hbond substituents is 1. The van der Waals surface area contributed by atoms with Crippen LogP contribution in [0.25, 0.3) is 0 Å². The summed E-state index contributed by atoms with van der Waals surface area (Å²) in [5, 5.41) is 10.4. The predicted molar refractivity (Wildman–Crippen MR) is 120 cm³/mol. The zero-order valence-electron chi connectivity index (χ0n) is 18.0. The number of carbonyl (C=O) groups is 2. The van der Waals surface area contributed by atoms with E-state index in [0.717, 1.165) is 24.2 Å². The van der Waals surface area contributed by atoms with Crippen molar-refractivity contribution in [3.05, 3.63) is 71.9 Å². The topological polar surface area (TPSA) is 73.3 Å². The van der Waals surface area contributed by atoms with Gasteiger partial charge in [0.1, 0.15) is 12.4 Å². The van der Waals surface area contributed by atoms with Crippen molar-refractivity contribution in [2.75, 3.05) is 45.2 Å². The molecule has 0 spiro atoms. The van der Waals surface area contributed by atoms with Gasteiger partial charge in [-0.1, -0.05) is 30.3 Å². The molecule has 2 aromatic rings. The quantitative estimate of drug-likeness (QED) is 0.566. The first-order chi connectivity index (χ1) is 14.9. The normalized spacial score (nSPS) is 14.4. The van der Waals surface area contributed by atoms with Gasteiger partial charge >= 0.3 is 6.09 Å². The number of ether oxygens (including phenoxy) is 1. The molecule has 1 N–H and O–H groups in total. The van der Waals surface area contributed by atoms with Crippen molar-refractivity contribution in [3.63, 3.8) is 0 Å². The maximum Gasteiger partial charge on any atom is 0.410 e. The third kappa shape index (κ3) is 6.25. The number of aromatic hydroxyl groups is 1. The van der Waals surface area contributed by atoms with Gasteiger partial charge in [-0.3, -0.25) is 4.79 Å². The lowest BCUT2D eigenvalue weighted by molar-refractivity contribution is 0.0985. The highest BCUT2D eigenvalue weighted by Crippen LogP contribution is 2.26. The molecule has 0 unspecified atom stereocenters. The van der Waals surface area contributed by atoms with Gasteiger partial charge in [0.25, 0.3) is 0 Å². The Morgan fingerprint density at radius 2 is 1.84 bits per heavy atom. The van der Waals surface area contributed by atoms with E-state index in [4.69, 9.17) is 4.74 Å². The Balaban J connectivity index is 1.58. The van der Waals surface area contributed by atoms with Crippen molar-refractivity contribution in [1.82, 2.24) is 9.80 Å². The summed E-state index contributed by atoms with van der Waals surface area (Å²) in [6.45, 7) is 2.76. The summed E-state index contributed by atoms with van der Waals surface area (Å²) in [6.07, 6.45) is 3.55. The van der Waals surface area contributed by atoms with E-state index in [0.29, 0.717) is 19.6 Å². The minimum atomic E-state index is -0.317. The van der Waals surface area contributed by atoms with Gasteiger partial charge in [-0.25, -0.2) is 4.79 Å². The molecule has 31 heavy (non-hydrogen) atoms. The summed E-state index contributed by atoms with van der Waals surface area (Å²) in [6, 6.07) is 14.7. The van der Waals surface area contributed by atoms with Gasteiger partial charge in [0.15, 0.2) is 5.78 Å². The van der Waals surface area contributed by atoms with Crippen molar-refractivity contribution in [3.8, 4) is 5.75 Å². The number of benzene rings is 2. The van der Waals surface area contributed by atoms with Crippen LogP contribution in [-0.4, -0.2) is 67.1 Å². The van der Waals surface area contributed by atoms with Gasteiger partial charge in [-0.05, 0) is 24.1 Å². The van der Waals surface area contributed by atoms with Gasteiger partial charge in [0, 0.05) is 64.3 Å². The number of allylic oxidation sites excluding steroid dienone is 1. The number of amides is 1. The molecule has 1 aliphatic rings. The number of carbonyl (C=O) groups excluding carboxylic acids is 2. The van der Waals surface area contributed by atoms with Crippen LogP contribution in [0.3, 0.4) is 0 Å². The molecule has 3 rings (SSSR count). The van der Waals surface area contributed by atoms with Crippen LogP contribution in [0.4, 0.5) is 10.5 Å². The number of ketones is 1. The van der Waals surface area contributed by atoms with E-state index in [2.05, 4.69) is 4.90 Å². The van der Waals surface area contributed by atoms with Gasteiger partial charge in [0.2, 0.25) is 0 Å². The second-order valence-corrected chi connectivity index (χ2v) is 7.71. The Bertz CT molecular complexity index is 928. The zero-order chi connectivity index (χ0) is 22.2. The fourth-order valence-electron chi connectivity index (χ4n) is 3.40. The maximum atomic E-state index is 12.4. The monoisotopic (exact) mass is 423 g/mol. The highest BCUT2D eigenvalue weighted by atomic mass is 16.6. The van der Waals surface area contributed by atoms with Crippen molar-refractivity contribution in [1.29, 1.82) is 0 Å². The lowest BCUT2D eigenvalue weighted by Gasteiger charge is -2.24. The fraction of sp³-hybridized carbons (Fsp3) is 0.333. The van der Waals surface area contributed by atoms with Crippen LogP contribution < -0.4 is 4.90 Å². The summed E-state index contributed by atoms with van der Waals surface area (Å²) in [4.78, 5) is 30.3. The standard InChI is InChI=1S/C24H29N3O4/c1-25(2)14-11-22(28)21-10-9-20(17-23(21)29)26-12-6-13-27(16-15-26)24(30)31-18-19-7-4-3-5-8-19/h3-5,7-11,14,17,29H,6,12-13,15-16,18H2,1-2H3. The number of hydrogen-bond acceptors (Lipinski definition) is 6. The summed E-state index contributed by atoms with van der Waals surface area (Å²) in [5.41, 5.74) is 2.05. The summed E-state index contributed by atoms with van der Waals surface area (Å²) >= 11 is 0. The van der Waals surface area contributed by atoms with Crippen LogP contribution in [0.5, 0.6) is 5.75 Å². The molecule has 164 valence electrons. The lowest BCUT2D eigenvalue weighted by Crippen LogP contribution is -2.35. The average molecular weight is 424 g/mol. The van der Waals surface area contributed by atoms with Gasteiger partial charge < -0.3 is 24.5 Å². The van der Waals surface area contributed by atoms with Crippen molar-refractivity contribution in [2.24, 2.45) is 0 Å². The van der Waals surface area contributed by atoms with Gasteiger partial charge in [0.05, 0.1) is 5.56 Å². The molecule has 1 aliphatic heterocycles. The Morgan fingerprint density at radius 1 is 1.06 bits per heavy atom. The highest BCUT2D eigenvalue weighted by molar-refractivity contribution is 6.06. The van der Waals surface area contributed by atoms with Crippen LogP contribution >= 0.6 is 0 Å². The first kappa shape index (κ1) is 22.2. The molecule has 0 bridgehead atoms. The van der Waals surface area contributed by atoms with E-state index in [-0.39, 0.29) is 29.8 Å². The van der Waals surface area contributed by atoms with E-state index in [9.17, 15) is 14.7 Å². The number of phenols is 1. The zero-order valence-corrected chi connectivity index (χ0v) is 18.0. The Hall–Kier alpha value is -3.48. The summed E-state index contributed by atoms with van der Waals surface area (Å²) < 4.78 is 5.45. The van der Waals surface area contributed by atoms with Crippen LogP contribution in [0.2, 0.25) is 0 Å². The molecule has 0 saturated carbocycles. The van der Waals surface area contributed by atoms with Crippen LogP contribution in [0, 0.1) is 0 Å². The smallest absolute Gasteiger partial charge is 0.410 e. The number of hydrogen-bond donors (Lipinski definition) is 1. The Morgan fingerprint density at radius 3 is 2.55 bits per heavy atom. The van der Waals surface area contributed by atoms with Gasteiger partial charge in [-0.15, -0.1) is 0 Å². The first-order valence-corrected chi connectivity index (χ1v) is 10.4. The summed E-state index contributed by atoms with van der Waals surface area (Å²) in [5.74, 6) is -0.296. The highest BCUT2D eigenvalue weighted by Gasteiger charge is 2.21. The van der Waals surface area contributed by atoms with Gasteiger partial charge in [-0.2, -0.15) is 0 Å². The molecule has 7 heteroatoms. The molecule has 0 aliphatic carbocycles. The lowest BCUT2D eigenvalue weighted by atomic mass is 10.1. The van der Waals surface area contributed by atoms with E-state index in [1.54, 1.807) is 28.1 Å². The number of anilines is 1. The van der Waals surface area contributed by atoms with E-state index >= 15 is 0 Å². The van der Waals surface area contributed by atoms with Crippen molar-refractivity contribution in [2.45, 2.75) is 13.0 Å². The summed E-state index contributed by atoms with van der Waals surface area (Å²) in [7, 11) is 3.65. The molecule has 7 nitrogen and oxygen atoms in total. The molecule has 1 amide bonds. The second kappa shape index (κ2) is 10.5. The molecule has 1 heterocycles. The molecule has 1 fully saturated rings. The van der Waals surface area contributed by atoms with Crippen LogP contribution in [0.15, 0.2) is 60.8 Å². The largest absolute Gasteiger partial charge is 0.507 e. The van der Waals surface area contributed by atoms with Crippen LogP contribution in [0.1, 0.15) is 22.3 Å². The average Bonchev–Trinajstić information content (AvgIpc) is 3.03. The van der Waals surface area contributed by atoms with Crippen LogP contribution in [-0.2, 0) is 11.3 Å². The maximum absolute atomic E-state index is 12.4. The van der Waals surface area contributed by atoms with E-state index in [1.807, 2.05) is 50.5 Å². The number of rotatable bonds is 6. The molecule has 0 radical (unpaired) electrons. The minimum Gasteiger partial charge on any atom is -0.507 e. The molecule has 0 aromatic heterocycles. The van der Waals surface area contributed by atoms with Crippen molar-refractivity contribution >= 4 is 17.6 Å². The Labute approximate surface area is 183 Å². The molecule has 2 aromatic carbocycles. The van der Waals surface area contributed by atoms with E-state index < -0.39 is 0 Å². The SMILES string of the molecule is CN(C)C=CC(=O)c1ccc(N2CCCN(C(=O)OCc3ccccc3)CC2)cc1O. The third-order valence-corrected chi connectivity index (χ3v) is 5.10. The fourth-order valence-corrected chi connectivity index (χ4v) is 3.40. The molecular weight excluding hydrogens is 394 g/mol. The predicted octanol–water partition coefficient (Wildman–Crippen LogP) is 3.50.